The van der Waals surface area contributed by atoms with Crippen molar-refractivity contribution < 1.29 is 22.6 Å². The first-order chi connectivity index (χ1) is 9.41. The van der Waals surface area contributed by atoms with E-state index in [1.54, 1.807) is 12.1 Å². The maximum Gasteiger partial charge on any atom is 0.210 e. The Bertz CT molecular complexity index is 520. The first-order valence-electron chi connectivity index (χ1n) is 5.91. The van der Waals surface area contributed by atoms with E-state index < -0.39 is 10.0 Å². The van der Waals surface area contributed by atoms with E-state index in [1.807, 2.05) is 0 Å². The second kappa shape index (κ2) is 7.32. The molecule has 114 valence electrons. The van der Waals surface area contributed by atoms with Crippen LogP contribution in [0.1, 0.15) is 5.56 Å². The summed E-state index contributed by atoms with van der Waals surface area (Å²) in [7, 11) is 1.16. The van der Waals surface area contributed by atoms with Crippen LogP contribution in [0.3, 0.4) is 0 Å². The van der Waals surface area contributed by atoms with Crippen LogP contribution >= 0.6 is 0 Å². The zero-order chi connectivity index (χ0) is 15.2. The molecule has 0 saturated carbocycles. The van der Waals surface area contributed by atoms with Crippen molar-refractivity contribution in [2.45, 2.75) is 6.54 Å². The fraction of sp³-hybridized carbons (Fsp3) is 0.500. The highest BCUT2D eigenvalue weighted by Crippen LogP contribution is 2.38. The van der Waals surface area contributed by atoms with E-state index in [9.17, 15) is 8.42 Å². The monoisotopic (exact) mass is 304 g/mol. The van der Waals surface area contributed by atoms with Gasteiger partial charge in [-0.2, -0.15) is 0 Å². The first-order valence-corrected chi connectivity index (χ1v) is 7.63. The second-order valence-electron chi connectivity index (χ2n) is 4.08. The fourth-order valence-electron chi connectivity index (χ4n) is 1.68. The molecule has 1 rings (SSSR count). The lowest BCUT2D eigenvalue weighted by atomic mass is 10.2. The van der Waals surface area contributed by atoms with Crippen LogP contribution in [0.4, 0.5) is 0 Å². The van der Waals surface area contributed by atoms with Crippen molar-refractivity contribution in [3.8, 4) is 17.2 Å². The summed E-state index contributed by atoms with van der Waals surface area (Å²) >= 11 is 0. The summed E-state index contributed by atoms with van der Waals surface area (Å²) < 4.78 is 37.3. The van der Waals surface area contributed by atoms with Crippen LogP contribution in [-0.4, -0.2) is 42.0 Å². The number of nitrogens with one attached hydrogen (secondary N) is 1. The van der Waals surface area contributed by atoms with Gasteiger partial charge in [0.1, 0.15) is 0 Å². The van der Waals surface area contributed by atoms with E-state index in [0.717, 1.165) is 5.56 Å². The number of sulfonamides is 1. The lowest BCUT2D eigenvalue weighted by Gasteiger charge is -2.14. The van der Waals surface area contributed by atoms with Gasteiger partial charge in [-0.05, 0) is 17.7 Å². The molecule has 0 aliphatic heterocycles. The molecule has 0 unspecified atom stereocenters. The van der Waals surface area contributed by atoms with Crippen LogP contribution < -0.4 is 24.7 Å². The standard InChI is InChI=1S/C12H20N2O5S/c1-17-10-6-9(7-11(18-2)12(10)19-3)8-14-4-5-20(13,15)16/h6-7,14H,4-5,8H2,1-3H3,(H2,13,15,16). The van der Waals surface area contributed by atoms with Crippen LogP contribution in [0.2, 0.25) is 0 Å². The quantitative estimate of drug-likeness (QED) is 0.660. The topological polar surface area (TPSA) is 99.9 Å². The van der Waals surface area contributed by atoms with Crippen LogP contribution in [-0.2, 0) is 16.6 Å². The van der Waals surface area contributed by atoms with Gasteiger partial charge in [0.05, 0.1) is 27.1 Å². The Labute approximate surface area is 119 Å². The summed E-state index contributed by atoms with van der Waals surface area (Å²) in [4.78, 5) is 0. The van der Waals surface area contributed by atoms with Crippen LogP contribution in [0, 0.1) is 0 Å². The number of nitrogens with two attached hydrogens (primary N) is 1. The van der Waals surface area contributed by atoms with E-state index >= 15 is 0 Å². The van der Waals surface area contributed by atoms with Gasteiger partial charge >= 0.3 is 0 Å². The molecule has 0 spiro atoms. The van der Waals surface area contributed by atoms with E-state index in [1.165, 1.54) is 21.3 Å². The molecule has 0 bridgehead atoms. The predicted octanol–water partition coefficient (Wildman–Crippen LogP) is 0.0905. The SMILES string of the molecule is COc1cc(CNCCS(N)(=O)=O)cc(OC)c1OC. The Morgan fingerprint density at radius 3 is 2.05 bits per heavy atom. The highest BCUT2D eigenvalue weighted by Gasteiger charge is 2.13. The molecule has 0 radical (unpaired) electrons. The van der Waals surface area contributed by atoms with E-state index in [0.29, 0.717) is 23.8 Å². The van der Waals surface area contributed by atoms with Crippen molar-refractivity contribution >= 4 is 10.0 Å². The molecule has 3 N–H and O–H groups in total. The molecule has 1 aromatic carbocycles. The average Bonchev–Trinajstić information content (AvgIpc) is 2.41. The van der Waals surface area contributed by atoms with Crippen LogP contribution in [0.15, 0.2) is 12.1 Å². The first kappa shape index (κ1) is 16.5. The Morgan fingerprint density at radius 1 is 1.10 bits per heavy atom. The summed E-state index contributed by atoms with van der Waals surface area (Å²) in [6, 6.07) is 3.59. The predicted molar refractivity (Wildman–Crippen MR) is 75.8 cm³/mol. The van der Waals surface area contributed by atoms with Crippen molar-refractivity contribution in [2.24, 2.45) is 5.14 Å². The zero-order valence-electron chi connectivity index (χ0n) is 11.8. The number of primary sulfonamides is 1. The Balaban J connectivity index is 2.76. The lowest BCUT2D eigenvalue weighted by molar-refractivity contribution is 0.323. The molecule has 7 nitrogen and oxygen atoms in total. The smallest absolute Gasteiger partial charge is 0.210 e. The maximum absolute atomic E-state index is 10.8. The second-order valence-corrected chi connectivity index (χ2v) is 5.81. The molecule has 0 aromatic heterocycles. The minimum atomic E-state index is -3.45. The number of rotatable bonds is 8. The molecular formula is C12H20N2O5S. The summed E-state index contributed by atoms with van der Waals surface area (Å²) in [6.07, 6.45) is 0. The molecule has 0 aliphatic rings. The van der Waals surface area contributed by atoms with Gasteiger partial charge in [-0.1, -0.05) is 0 Å². The largest absolute Gasteiger partial charge is 0.493 e. The molecule has 8 heteroatoms. The van der Waals surface area contributed by atoms with Gasteiger partial charge in [0, 0.05) is 13.1 Å². The van der Waals surface area contributed by atoms with Crippen molar-refractivity contribution in [3.63, 3.8) is 0 Å². The molecular weight excluding hydrogens is 284 g/mol. The summed E-state index contributed by atoms with van der Waals surface area (Å²) in [5.74, 6) is 1.51. The van der Waals surface area contributed by atoms with Gasteiger partial charge in [0.15, 0.2) is 11.5 Å². The molecule has 0 saturated heterocycles. The number of methoxy groups -OCH3 is 3. The summed E-state index contributed by atoms with van der Waals surface area (Å²) in [5.41, 5.74) is 0.883. The molecule has 0 heterocycles. The third-order valence-corrected chi connectivity index (χ3v) is 3.39. The van der Waals surface area contributed by atoms with Gasteiger partial charge in [0.2, 0.25) is 15.8 Å². The number of hydrogen-bond donors (Lipinski definition) is 2. The minimum Gasteiger partial charge on any atom is -0.493 e. The molecule has 20 heavy (non-hydrogen) atoms. The molecule has 0 aliphatic carbocycles. The van der Waals surface area contributed by atoms with Crippen molar-refractivity contribution in [1.29, 1.82) is 0 Å². The van der Waals surface area contributed by atoms with Gasteiger partial charge in [-0.25, -0.2) is 13.6 Å². The number of benzene rings is 1. The highest BCUT2D eigenvalue weighted by molar-refractivity contribution is 7.89. The van der Waals surface area contributed by atoms with E-state index in [2.05, 4.69) is 5.32 Å². The van der Waals surface area contributed by atoms with Gasteiger partial charge in [-0.15, -0.1) is 0 Å². The third kappa shape index (κ3) is 4.87. The van der Waals surface area contributed by atoms with E-state index in [4.69, 9.17) is 19.3 Å². The Morgan fingerprint density at radius 2 is 1.65 bits per heavy atom. The fourth-order valence-corrected chi connectivity index (χ4v) is 2.11. The van der Waals surface area contributed by atoms with E-state index in [-0.39, 0.29) is 12.3 Å². The minimum absolute atomic E-state index is 0.114. The van der Waals surface area contributed by atoms with Crippen molar-refractivity contribution in [1.82, 2.24) is 5.32 Å². The maximum atomic E-state index is 10.8. The lowest BCUT2D eigenvalue weighted by Crippen LogP contribution is -2.26. The van der Waals surface area contributed by atoms with Crippen LogP contribution in [0.25, 0.3) is 0 Å². The Kier molecular flexibility index (Phi) is 6.05. The van der Waals surface area contributed by atoms with Gasteiger partial charge in [-0.3, -0.25) is 0 Å². The summed E-state index contributed by atoms with van der Waals surface area (Å²) in [6.45, 7) is 0.738. The van der Waals surface area contributed by atoms with Gasteiger partial charge < -0.3 is 19.5 Å². The van der Waals surface area contributed by atoms with Crippen molar-refractivity contribution in [2.75, 3.05) is 33.6 Å². The normalized spacial score (nSPS) is 11.2. The summed E-state index contributed by atoms with van der Waals surface area (Å²) in [5, 5.41) is 7.91. The molecule has 0 atom stereocenters. The number of ether oxygens (including phenoxy) is 3. The Hall–Kier alpha value is -1.51. The van der Waals surface area contributed by atoms with Gasteiger partial charge in [0.25, 0.3) is 0 Å². The molecule has 0 amide bonds. The van der Waals surface area contributed by atoms with Crippen molar-refractivity contribution in [3.05, 3.63) is 17.7 Å². The zero-order valence-corrected chi connectivity index (χ0v) is 12.6. The average molecular weight is 304 g/mol. The van der Waals surface area contributed by atoms with Crippen LogP contribution in [0.5, 0.6) is 17.2 Å². The molecule has 0 fully saturated rings. The molecule has 1 aromatic rings. The number of hydrogen-bond acceptors (Lipinski definition) is 6. The third-order valence-electron chi connectivity index (χ3n) is 2.62. The highest BCUT2D eigenvalue weighted by atomic mass is 32.2.